The van der Waals surface area contributed by atoms with Gasteiger partial charge in [-0.25, -0.2) is 0 Å². The van der Waals surface area contributed by atoms with Crippen molar-refractivity contribution in [2.75, 3.05) is 23.9 Å². The summed E-state index contributed by atoms with van der Waals surface area (Å²) >= 11 is 8.33. The molecule has 0 atom stereocenters. The molecule has 0 bridgehead atoms. The summed E-state index contributed by atoms with van der Waals surface area (Å²) in [6, 6.07) is 2.14. The van der Waals surface area contributed by atoms with Gasteiger partial charge in [-0.15, -0.1) is 23.1 Å². The largest absolute Gasteiger partial charge is 0.382 e. The molecule has 0 saturated carbocycles. The lowest BCUT2D eigenvalue weighted by Crippen LogP contribution is -2.14. The van der Waals surface area contributed by atoms with Crippen LogP contribution in [-0.4, -0.2) is 17.7 Å². The van der Waals surface area contributed by atoms with Gasteiger partial charge in [0, 0.05) is 21.8 Å². The molecule has 2 N–H and O–H groups in total. The van der Waals surface area contributed by atoms with Crippen LogP contribution >= 0.6 is 50.6 Å². The summed E-state index contributed by atoms with van der Waals surface area (Å²) in [6.07, 6.45) is 2.03. The van der Waals surface area contributed by atoms with Gasteiger partial charge in [-0.2, -0.15) is 4.37 Å². The predicted octanol–water partition coefficient (Wildman–Crippen LogP) is 3.91. The Labute approximate surface area is 121 Å². The first kappa shape index (κ1) is 13.2. The number of nitrogen functional groups attached to an aromatic ring is 1. The zero-order valence-electron chi connectivity index (χ0n) is 9.44. The van der Waals surface area contributed by atoms with E-state index < -0.39 is 0 Å². The van der Waals surface area contributed by atoms with E-state index in [1.54, 1.807) is 23.1 Å². The normalized spacial score (nSPS) is 10.8. The summed E-state index contributed by atoms with van der Waals surface area (Å²) in [5.41, 5.74) is 5.83. The van der Waals surface area contributed by atoms with Gasteiger partial charge in [-0.3, -0.25) is 0 Å². The van der Waals surface area contributed by atoms with E-state index in [-0.39, 0.29) is 0 Å². The topological polar surface area (TPSA) is 42.1 Å². The van der Waals surface area contributed by atoms with Crippen LogP contribution in [0.25, 0.3) is 0 Å². The van der Waals surface area contributed by atoms with Crippen LogP contribution < -0.4 is 10.6 Å². The molecule has 0 radical (unpaired) electrons. The van der Waals surface area contributed by atoms with E-state index in [1.807, 2.05) is 6.26 Å². The predicted molar refractivity (Wildman–Crippen MR) is 82.4 cm³/mol. The highest BCUT2D eigenvalue weighted by molar-refractivity contribution is 9.10. The number of aromatic nitrogens is 1. The summed E-state index contributed by atoms with van der Waals surface area (Å²) < 4.78 is 5.35. The van der Waals surface area contributed by atoms with Crippen molar-refractivity contribution in [3.63, 3.8) is 0 Å². The van der Waals surface area contributed by atoms with Crippen molar-refractivity contribution in [3.8, 4) is 0 Å². The Morgan fingerprint density at radius 3 is 2.94 bits per heavy atom. The number of rotatable bonds is 4. The van der Waals surface area contributed by atoms with E-state index in [1.165, 1.54) is 16.4 Å². The summed E-state index contributed by atoms with van der Waals surface area (Å²) in [5.74, 6) is 0.636. The van der Waals surface area contributed by atoms with Crippen LogP contribution in [0.3, 0.4) is 0 Å². The van der Waals surface area contributed by atoms with Crippen molar-refractivity contribution in [1.29, 1.82) is 0 Å². The molecule has 0 aliphatic heterocycles. The fourth-order valence-corrected chi connectivity index (χ4v) is 4.64. The molecule has 0 fully saturated rings. The molecule has 2 heterocycles. The van der Waals surface area contributed by atoms with Crippen LogP contribution in [0.4, 0.5) is 10.8 Å². The molecule has 2 aromatic rings. The van der Waals surface area contributed by atoms with Crippen molar-refractivity contribution in [3.05, 3.63) is 20.8 Å². The number of hydrogen-bond acceptors (Lipinski definition) is 6. The molecule has 0 aliphatic rings. The molecule has 17 heavy (non-hydrogen) atoms. The number of hydrogen-bond donors (Lipinski definition) is 1. The molecule has 7 heteroatoms. The average Bonchev–Trinajstić information content (AvgIpc) is 2.84. The number of thioether (sulfide) groups is 1. The van der Waals surface area contributed by atoms with Gasteiger partial charge in [0.25, 0.3) is 0 Å². The molecule has 0 unspecified atom stereocenters. The van der Waals surface area contributed by atoms with Gasteiger partial charge in [-0.05, 0) is 39.8 Å². The maximum Gasteiger partial charge on any atom is 0.153 e. The molecule has 0 amide bonds. The highest BCUT2D eigenvalue weighted by Crippen LogP contribution is 2.37. The number of nitrogens with zero attached hydrogens (tertiary/aromatic N) is 2. The minimum atomic E-state index is 0.636. The van der Waals surface area contributed by atoms with Gasteiger partial charge < -0.3 is 10.6 Å². The molecule has 0 aliphatic carbocycles. The first-order chi connectivity index (χ1) is 8.11. The minimum Gasteiger partial charge on any atom is -0.382 e. The van der Waals surface area contributed by atoms with Crippen LogP contribution in [0.5, 0.6) is 0 Å². The fourth-order valence-electron chi connectivity index (χ4n) is 1.46. The Hall–Kier alpha value is -0.240. The third kappa shape index (κ3) is 2.96. The number of thiophene rings is 1. The number of halogens is 1. The molecule has 0 aromatic carbocycles. The first-order valence-electron chi connectivity index (χ1n) is 4.85. The first-order valence-corrected chi connectivity index (χ1v) is 8.52. The summed E-state index contributed by atoms with van der Waals surface area (Å²) in [4.78, 5) is 4.59. The third-order valence-corrected chi connectivity index (χ3v) is 5.82. The second kappa shape index (κ2) is 5.60. The smallest absolute Gasteiger partial charge is 0.153 e. The Morgan fingerprint density at radius 1 is 1.59 bits per heavy atom. The molecule has 3 nitrogen and oxygen atoms in total. The van der Waals surface area contributed by atoms with Crippen LogP contribution in [0.2, 0.25) is 0 Å². The molecule has 92 valence electrons. The Kier molecular flexibility index (Phi) is 4.35. The van der Waals surface area contributed by atoms with E-state index in [4.69, 9.17) is 5.73 Å². The molecule has 0 spiro atoms. The monoisotopic (exact) mass is 349 g/mol. The lowest BCUT2D eigenvalue weighted by Gasteiger charge is -2.16. The van der Waals surface area contributed by atoms with Gasteiger partial charge in [0.1, 0.15) is 5.00 Å². The van der Waals surface area contributed by atoms with Crippen molar-refractivity contribution in [2.45, 2.75) is 11.4 Å². The highest BCUT2D eigenvalue weighted by Gasteiger charge is 2.15. The Morgan fingerprint density at radius 2 is 2.35 bits per heavy atom. The van der Waals surface area contributed by atoms with E-state index in [9.17, 15) is 0 Å². The van der Waals surface area contributed by atoms with Gasteiger partial charge >= 0.3 is 0 Å². The third-order valence-electron chi connectivity index (χ3n) is 2.22. The lowest BCUT2D eigenvalue weighted by atomic mass is 10.4. The van der Waals surface area contributed by atoms with E-state index in [2.05, 4.69) is 43.7 Å². The zero-order chi connectivity index (χ0) is 12.4. The summed E-state index contributed by atoms with van der Waals surface area (Å²) in [7, 11) is 2.07. The minimum absolute atomic E-state index is 0.636. The second-order valence-electron chi connectivity index (χ2n) is 3.49. The SMILES string of the molecule is CSc1c(N)nsc1N(C)Cc1cc(Br)cs1. The quantitative estimate of drug-likeness (QED) is 0.849. The second-order valence-corrected chi connectivity index (χ2v) is 6.97. The molecular weight excluding hydrogens is 338 g/mol. The van der Waals surface area contributed by atoms with Crippen LogP contribution in [0, 0.1) is 0 Å². The zero-order valence-corrected chi connectivity index (χ0v) is 13.5. The van der Waals surface area contributed by atoms with Gasteiger partial charge in [0.05, 0.1) is 11.4 Å². The molecular formula is C10H12BrN3S3. The van der Waals surface area contributed by atoms with Crippen molar-refractivity contribution in [2.24, 2.45) is 0 Å². The Balaban J connectivity index is 2.16. The standard InChI is InChI=1S/C10H12BrN3S3/c1-14(4-7-3-6(11)5-16-7)10-8(15-2)9(12)13-17-10/h3,5H,4H2,1-2H3,(H2,12,13). The fraction of sp³-hybridized carbons (Fsp3) is 0.300. The highest BCUT2D eigenvalue weighted by atomic mass is 79.9. The van der Waals surface area contributed by atoms with Gasteiger partial charge in [0.2, 0.25) is 0 Å². The maximum absolute atomic E-state index is 5.83. The van der Waals surface area contributed by atoms with Crippen molar-refractivity contribution in [1.82, 2.24) is 4.37 Å². The number of nitrogens with two attached hydrogens (primary N) is 1. The lowest BCUT2D eigenvalue weighted by molar-refractivity contribution is 0.941. The van der Waals surface area contributed by atoms with Crippen LogP contribution in [0.15, 0.2) is 20.8 Å². The van der Waals surface area contributed by atoms with Gasteiger partial charge in [0.15, 0.2) is 5.82 Å². The van der Waals surface area contributed by atoms with E-state index >= 15 is 0 Å². The maximum atomic E-state index is 5.83. The van der Waals surface area contributed by atoms with E-state index in [0.29, 0.717) is 5.82 Å². The summed E-state index contributed by atoms with van der Waals surface area (Å²) in [5, 5.41) is 3.24. The summed E-state index contributed by atoms with van der Waals surface area (Å²) in [6.45, 7) is 0.880. The Bertz CT molecular complexity index is 509. The molecule has 2 rings (SSSR count). The number of anilines is 2. The van der Waals surface area contributed by atoms with Crippen molar-refractivity contribution >= 4 is 61.4 Å². The molecule has 2 aromatic heterocycles. The van der Waals surface area contributed by atoms with Crippen LogP contribution in [-0.2, 0) is 6.54 Å². The van der Waals surface area contributed by atoms with Crippen LogP contribution in [0.1, 0.15) is 4.88 Å². The van der Waals surface area contributed by atoms with Crippen molar-refractivity contribution < 1.29 is 0 Å². The van der Waals surface area contributed by atoms with E-state index in [0.717, 1.165) is 20.9 Å². The average molecular weight is 350 g/mol. The molecule has 0 saturated heterocycles. The van der Waals surface area contributed by atoms with Gasteiger partial charge in [-0.1, -0.05) is 0 Å².